The first-order valence-electron chi connectivity index (χ1n) is 31.0. The van der Waals surface area contributed by atoms with Gasteiger partial charge in [-0.1, -0.05) is 198 Å². The molecule has 0 aliphatic carbocycles. The summed E-state index contributed by atoms with van der Waals surface area (Å²) in [6.07, 6.45) is 7.46. The van der Waals surface area contributed by atoms with Crippen molar-refractivity contribution in [1.82, 2.24) is 0 Å². The number of nitrogens with zero attached hydrogens (tertiary/aromatic N) is 1. The highest BCUT2D eigenvalue weighted by atomic mass is 16.7. The molecule has 0 bridgehead atoms. The zero-order valence-corrected chi connectivity index (χ0v) is 54.8. The number of carbonyl (C=O) groups excluding carboxylic acids is 1. The number of hydrogen-bond acceptors (Lipinski definition) is 8. The molecule has 11 rings (SSSR count). The molecular weight excluding hydrogens is 1070 g/mol. The molecule has 0 spiro atoms. The van der Waals surface area contributed by atoms with Gasteiger partial charge in [0.25, 0.3) is 5.91 Å². The first kappa shape index (κ1) is 64.6. The summed E-state index contributed by atoms with van der Waals surface area (Å²) < 4.78 is 42.1. The summed E-state index contributed by atoms with van der Waals surface area (Å²) in [6, 6.07) is 53.5. The van der Waals surface area contributed by atoms with E-state index in [1.54, 1.807) is 0 Å². The number of carbonyl (C=O) groups is 1. The smallest absolute Gasteiger partial charge is 0.258 e. The van der Waals surface area contributed by atoms with E-state index in [4.69, 9.17) is 33.2 Å². The highest BCUT2D eigenvalue weighted by Gasteiger charge is 2.40. The number of para-hydroxylation sites is 3. The minimum atomic E-state index is -0.577. The van der Waals surface area contributed by atoms with Crippen LogP contribution in [-0.2, 0) is 38.5 Å². The molecule has 2 unspecified atom stereocenters. The Morgan fingerprint density at radius 2 is 0.849 bits per heavy atom. The average molecular weight is 1160 g/mol. The molecule has 9 heteroatoms. The van der Waals surface area contributed by atoms with Crippen LogP contribution in [0, 0.1) is 28.6 Å². The molecule has 4 aliphatic heterocycles. The summed E-state index contributed by atoms with van der Waals surface area (Å²) in [5, 5.41) is 0. The van der Waals surface area contributed by atoms with E-state index in [-0.39, 0.29) is 27.6 Å². The van der Waals surface area contributed by atoms with Crippen LogP contribution in [0.3, 0.4) is 0 Å². The normalized spacial score (nSPS) is 17.8. The van der Waals surface area contributed by atoms with Gasteiger partial charge >= 0.3 is 0 Å². The van der Waals surface area contributed by atoms with Crippen LogP contribution in [0.4, 0.5) is 5.69 Å². The number of amides is 1. The maximum Gasteiger partial charge on any atom is 0.258 e. The third-order valence-corrected chi connectivity index (χ3v) is 14.9. The van der Waals surface area contributed by atoms with Crippen LogP contribution in [0.5, 0.6) is 40.2 Å². The van der Waals surface area contributed by atoms with Crippen LogP contribution < -0.4 is 38.1 Å². The number of benzene rings is 7. The van der Waals surface area contributed by atoms with E-state index in [1.165, 1.54) is 33.4 Å². The van der Waals surface area contributed by atoms with Crippen molar-refractivity contribution in [2.24, 2.45) is 21.7 Å². The van der Waals surface area contributed by atoms with Crippen LogP contribution in [0.2, 0.25) is 0 Å². The molecule has 0 aromatic heterocycles. The Kier molecular flexibility index (Phi) is 19.8. The number of anilines is 1. The first-order valence-corrected chi connectivity index (χ1v) is 31.0. The number of hydrogen-bond donors (Lipinski definition) is 0. The van der Waals surface area contributed by atoms with Gasteiger partial charge < -0.3 is 38.1 Å². The Hall–Kier alpha value is -7.39. The molecule has 0 N–H and O–H groups in total. The lowest BCUT2D eigenvalue weighted by atomic mass is 9.87. The monoisotopic (exact) mass is 1160 g/mol. The van der Waals surface area contributed by atoms with Crippen molar-refractivity contribution in [1.29, 1.82) is 0 Å². The highest BCUT2D eigenvalue weighted by Crippen LogP contribution is 2.47. The molecule has 7 aromatic rings. The lowest BCUT2D eigenvalue weighted by Crippen LogP contribution is -2.38. The largest absolute Gasteiger partial charge is 0.490 e. The minimum Gasteiger partial charge on any atom is -0.490 e. The van der Waals surface area contributed by atoms with Gasteiger partial charge in [-0.15, -0.1) is 0 Å². The second-order valence-corrected chi connectivity index (χ2v) is 29.4. The minimum absolute atomic E-state index is 0.0409. The molecular formula is C77H97NO8. The third-order valence-electron chi connectivity index (χ3n) is 14.9. The summed E-state index contributed by atoms with van der Waals surface area (Å²) in [7, 11) is 0. The zero-order chi connectivity index (χ0) is 62.3. The average Bonchev–Trinajstić information content (AvgIpc) is 1.70. The predicted octanol–water partition coefficient (Wildman–Crippen LogP) is 19.2. The zero-order valence-electron chi connectivity index (χ0n) is 54.8. The summed E-state index contributed by atoms with van der Waals surface area (Å²) in [4.78, 5) is 14.9. The molecule has 4 heterocycles. The molecule has 0 saturated heterocycles. The van der Waals surface area contributed by atoms with Crippen LogP contribution in [0.25, 0.3) is 0 Å². The SMILES string of the molecule is CC(C)(C)Cc1cccc2c1OC(C)(C)O2.CC(C)(C)Cc1cccc2c1OC(C)(CCc1ccccc1)O2.CC(C)(C)Cc1cccc2c1OC(C)(CCc1ccccc1)O2.Cc1ccc2c(c1)OCCN2C(=O)c1cccc(CC(C)(C)C)c1. The number of ether oxygens (including phenoxy) is 7. The van der Waals surface area contributed by atoms with E-state index in [0.717, 1.165) is 108 Å². The molecule has 458 valence electrons. The van der Waals surface area contributed by atoms with E-state index in [0.29, 0.717) is 13.2 Å². The fourth-order valence-electron chi connectivity index (χ4n) is 11.2. The van der Waals surface area contributed by atoms with Gasteiger partial charge in [-0.3, -0.25) is 4.79 Å². The van der Waals surface area contributed by atoms with Gasteiger partial charge in [0.2, 0.25) is 17.4 Å². The van der Waals surface area contributed by atoms with Gasteiger partial charge in [0.05, 0.1) is 12.2 Å². The fourth-order valence-corrected chi connectivity index (χ4v) is 11.2. The Balaban J connectivity index is 0.000000150. The van der Waals surface area contributed by atoms with Crippen molar-refractivity contribution in [2.45, 2.75) is 186 Å². The standard InChI is InChI=1S/C21H25NO2.2C21H26O2.C14H20O2/c1-15-8-9-18-19(12-15)24-11-10-22(18)20(23)17-7-5-6-16(13-17)14-21(2,3)4;2*1-20(2,3)15-17-11-8-12-18-19(17)23-21(4,22-18)14-13-16-9-6-5-7-10-16;1-13(2,3)9-10-7-6-8-11-12(10)16-14(4,5)15-11/h5-9,12-13H,10-11,14H2,1-4H3;2*5-12H,13-15H2,1-4H3;6-8H,9H2,1-5H3. The molecule has 86 heavy (non-hydrogen) atoms. The van der Waals surface area contributed by atoms with Crippen molar-refractivity contribution in [2.75, 3.05) is 18.1 Å². The van der Waals surface area contributed by atoms with Crippen molar-refractivity contribution >= 4 is 11.6 Å². The molecule has 9 nitrogen and oxygen atoms in total. The third kappa shape index (κ3) is 18.6. The summed E-state index contributed by atoms with van der Waals surface area (Å²) in [6.45, 7) is 37.9. The second-order valence-electron chi connectivity index (χ2n) is 29.4. The fraction of sp³-hybridized carbons (Fsp3) is 0.442. The van der Waals surface area contributed by atoms with Gasteiger partial charge in [-0.25, -0.2) is 0 Å². The van der Waals surface area contributed by atoms with Gasteiger partial charge in [0, 0.05) is 46.1 Å². The molecule has 4 aliphatic rings. The van der Waals surface area contributed by atoms with Crippen molar-refractivity contribution < 1.29 is 38.0 Å². The van der Waals surface area contributed by atoms with E-state index in [9.17, 15) is 4.79 Å². The molecule has 0 saturated carbocycles. The predicted molar refractivity (Wildman–Crippen MR) is 351 cm³/mol. The number of rotatable bonds is 11. The first-order chi connectivity index (χ1) is 40.3. The van der Waals surface area contributed by atoms with Crippen molar-refractivity contribution in [3.63, 3.8) is 0 Å². The van der Waals surface area contributed by atoms with Gasteiger partial charge in [0.1, 0.15) is 12.4 Å². The Labute approximate surface area is 515 Å². The van der Waals surface area contributed by atoms with E-state index >= 15 is 0 Å². The topological polar surface area (TPSA) is 84.9 Å². The lowest BCUT2D eigenvalue weighted by molar-refractivity contribution is -0.0685. The van der Waals surface area contributed by atoms with Gasteiger partial charge in [-0.2, -0.15) is 0 Å². The molecule has 2 atom stereocenters. The maximum atomic E-state index is 13.0. The maximum absolute atomic E-state index is 13.0. The number of fused-ring (bicyclic) bond motifs is 4. The van der Waals surface area contributed by atoms with Crippen molar-refractivity contribution in [3.05, 3.63) is 202 Å². The van der Waals surface area contributed by atoms with Gasteiger partial charge in [-0.05, 0) is 149 Å². The molecule has 7 aromatic carbocycles. The highest BCUT2D eigenvalue weighted by molar-refractivity contribution is 6.07. The van der Waals surface area contributed by atoms with E-state index in [2.05, 4.69) is 168 Å². The van der Waals surface area contributed by atoms with E-state index in [1.807, 2.05) is 112 Å². The molecule has 0 radical (unpaired) electrons. The van der Waals surface area contributed by atoms with Crippen molar-refractivity contribution in [3.8, 4) is 40.2 Å². The Morgan fingerprint density at radius 3 is 1.30 bits per heavy atom. The lowest BCUT2D eigenvalue weighted by Gasteiger charge is -2.30. The second kappa shape index (κ2) is 26.3. The summed E-state index contributed by atoms with van der Waals surface area (Å²) >= 11 is 0. The van der Waals surface area contributed by atoms with Crippen LogP contribution >= 0.6 is 0 Å². The number of aryl methyl sites for hydroxylation is 3. The van der Waals surface area contributed by atoms with Crippen LogP contribution in [0.1, 0.15) is 173 Å². The Morgan fingerprint density at radius 1 is 0.430 bits per heavy atom. The molecule has 0 fully saturated rings. The van der Waals surface area contributed by atoms with Gasteiger partial charge in [0.15, 0.2) is 34.5 Å². The summed E-state index contributed by atoms with van der Waals surface area (Å²) in [5.74, 6) is 4.55. The van der Waals surface area contributed by atoms with Crippen LogP contribution in [0.15, 0.2) is 158 Å². The van der Waals surface area contributed by atoms with Crippen LogP contribution in [-0.4, -0.2) is 36.4 Å². The summed E-state index contributed by atoms with van der Waals surface area (Å²) in [5.41, 5.74) is 11.2. The molecule has 1 amide bonds. The van der Waals surface area contributed by atoms with E-state index < -0.39 is 17.4 Å². The Bertz CT molecular complexity index is 3270. The quantitative estimate of drug-likeness (QED) is 0.127.